The van der Waals surface area contributed by atoms with Crippen LogP contribution in [-0.4, -0.2) is 0 Å². The van der Waals surface area contributed by atoms with E-state index in [0.29, 0.717) is 16.9 Å². The Morgan fingerprint density at radius 2 is 1.68 bits per heavy atom. The summed E-state index contributed by atoms with van der Waals surface area (Å²) in [5.41, 5.74) is 1.87. The monoisotopic (exact) mass is 248 g/mol. The van der Waals surface area contributed by atoms with Crippen LogP contribution in [0.25, 0.3) is 0 Å². The first-order valence-electron chi connectivity index (χ1n) is 5.98. The van der Waals surface area contributed by atoms with E-state index in [1.807, 2.05) is 36.4 Å². The van der Waals surface area contributed by atoms with E-state index in [1.54, 1.807) is 18.2 Å². The Morgan fingerprint density at radius 3 is 2.37 bits per heavy atom. The second-order valence-corrected chi connectivity index (χ2v) is 4.03. The Morgan fingerprint density at radius 1 is 0.947 bits per heavy atom. The third-order valence-electron chi connectivity index (χ3n) is 2.77. The molecule has 0 radical (unpaired) electrons. The maximum atomic E-state index is 8.97. The quantitative estimate of drug-likeness (QED) is 0.830. The van der Waals surface area contributed by atoms with Gasteiger partial charge in [0.1, 0.15) is 23.6 Å². The molecule has 2 rings (SSSR count). The Labute approximate surface area is 112 Å². The van der Waals surface area contributed by atoms with Crippen molar-refractivity contribution in [3.05, 3.63) is 59.2 Å². The summed E-state index contributed by atoms with van der Waals surface area (Å²) in [5, 5.41) is 17.8. The fourth-order valence-electron chi connectivity index (χ4n) is 1.74. The number of benzene rings is 2. The fraction of sp³-hybridized carbons (Fsp3) is 0.125. The van der Waals surface area contributed by atoms with Crippen LogP contribution >= 0.6 is 0 Å². The summed E-state index contributed by atoms with van der Waals surface area (Å²) < 4.78 is 5.70. The molecule has 0 aromatic heterocycles. The van der Waals surface area contributed by atoms with Gasteiger partial charge in [0, 0.05) is 0 Å². The van der Waals surface area contributed by atoms with Gasteiger partial charge in [-0.05, 0) is 42.3 Å². The van der Waals surface area contributed by atoms with E-state index < -0.39 is 0 Å². The molecule has 0 atom stereocenters. The minimum Gasteiger partial charge on any atom is -0.457 e. The van der Waals surface area contributed by atoms with Crippen molar-refractivity contribution in [3.8, 4) is 23.6 Å². The maximum Gasteiger partial charge on any atom is 0.128 e. The van der Waals surface area contributed by atoms with Crippen molar-refractivity contribution in [1.29, 1.82) is 10.5 Å². The average Bonchev–Trinajstić information content (AvgIpc) is 2.47. The Bertz CT molecular complexity index is 678. The van der Waals surface area contributed by atoms with Crippen molar-refractivity contribution in [1.82, 2.24) is 0 Å². The van der Waals surface area contributed by atoms with Crippen LogP contribution in [0.2, 0.25) is 0 Å². The molecule has 0 N–H and O–H groups in total. The van der Waals surface area contributed by atoms with Crippen LogP contribution < -0.4 is 4.74 Å². The van der Waals surface area contributed by atoms with Gasteiger partial charge in [0.25, 0.3) is 0 Å². The summed E-state index contributed by atoms with van der Waals surface area (Å²) in [4.78, 5) is 0. The zero-order valence-corrected chi connectivity index (χ0v) is 10.6. The van der Waals surface area contributed by atoms with Crippen LogP contribution in [-0.2, 0) is 6.42 Å². The molecule has 0 fully saturated rings. The Hall–Kier alpha value is -2.78. The van der Waals surface area contributed by atoms with Gasteiger partial charge in [0.05, 0.1) is 11.1 Å². The number of ether oxygens (including phenoxy) is 1. The molecule has 0 unspecified atom stereocenters. The predicted molar refractivity (Wildman–Crippen MR) is 71.8 cm³/mol. The van der Waals surface area contributed by atoms with Crippen LogP contribution in [0.5, 0.6) is 11.5 Å². The molecular formula is C16H12N2O. The largest absolute Gasteiger partial charge is 0.457 e. The molecule has 0 bridgehead atoms. The normalized spacial score (nSPS) is 9.42. The maximum absolute atomic E-state index is 8.97. The summed E-state index contributed by atoms with van der Waals surface area (Å²) in [6.07, 6.45) is 0.939. The lowest BCUT2D eigenvalue weighted by atomic mass is 10.1. The number of hydrogen-bond acceptors (Lipinski definition) is 3. The van der Waals surface area contributed by atoms with Crippen LogP contribution in [0.15, 0.2) is 42.5 Å². The van der Waals surface area contributed by atoms with Gasteiger partial charge >= 0.3 is 0 Å². The van der Waals surface area contributed by atoms with E-state index >= 15 is 0 Å². The highest BCUT2D eigenvalue weighted by atomic mass is 16.5. The van der Waals surface area contributed by atoms with Gasteiger partial charge < -0.3 is 4.74 Å². The first-order valence-corrected chi connectivity index (χ1v) is 5.98. The summed E-state index contributed by atoms with van der Waals surface area (Å²) in [5.74, 6) is 1.29. The molecule has 0 aliphatic rings. The van der Waals surface area contributed by atoms with Crippen molar-refractivity contribution in [3.63, 3.8) is 0 Å². The Balaban J connectivity index is 2.29. The van der Waals surface area contributed by atoms with Crippen LogP contribution in [0.4, 0.5) is 0 Å². The second kappa shape index (κ2) is 5.71. The summed E-state index contributed by atoms with van der Waals surface area (Å²) in [7, 11) is 0. The summed E-state index contributed by atoms with van der Waals surface area (Å²) in [6.45, 7) is 2.08. The smallest absolute Gasteiger partial charge is 0.128 e. The SMILES string of the molecule is CCc1cccc(Oc2ccc(C#N)c(C#N)c2)c1. The highest BCUT2D eigenvalue weighted by molar-refractivity contribution is 5.50. The lowest BCUT2D eigenvalue weighted by Crippen LogP contribution is -1.89. The zero-order valence-electron chi connectivity index (χ0n) is 10.6. The fourth-order valence-corrected chi connectivity index (χ4v) is 1.74. The van der Waals surface area contributed by atoms with E-state index in [4.69, 9.17) is 15.3 Å². The molecule has 92 valence electrons. The van der Waals surface area contributed by atoms with Gasteiger partial charge in [-0.15, -0.1) is 0 Å². The predicted octanol–water partition coefficient (Wildman–Crippen LogP) is 3.78. The third-order valence-corrected chi connectivity index (χ3v) is 2.77. The summed E-state index contributed by atoms with van der Waals surface area (Å²) in [6, 6.07) is 16.6. The van der Waals surface area contributed by atoms with E-state index in [-0.39, 0.29) is 0 Å². The van der Waals surface area contributed by atoms with Crippen molar-refractivity contribution in [2.24, 2.45) is 0 Å². The van der Waals surface area contributed by atoms with Crippen LogP contribution in [0, 0.1) is 22.7 Å². The van der Waals surface area contributed by atoms with Crippen molar-refractivity contribution >= 4 is 0 Å². The van der Waals surface area contributed by atoms with Gasteiger partial charge in [-0.25, -0.2) is 0 Å². The molecule has 0 saturated heterocycles. The molecular weight excluding hydrogens is 236 g/mol. The standard InChI is InChI=1S/C16H12N2O/c1-2-12-4-3-5-15(8-12)19-16-7-6-13(10-17)14(9-16)11-18/h3-9H,2H2,1H3. The van der Waals surface area contributed by atoms with E-state index in [1.165, 1.54) is 5.56 Å². The van der Waals surface area contributed by atoms with Gasteiger partial charge in [-0.3, -0.25) is 0 Å². The first-order chi connectivity index (χ1) is 9.26. The molecule has 0 aliphatic carbocycles. The molecule has 0 saturated carbocycles. The van der Waals surface area contributed by atoms with Crippen LogP contribution in [0.3, 0.4) is 0 Å². The third kappa shape index (κ3) is 2.91. The minimum absolute atomic E-state index is 0.326. The number of rotatable bonds is 3. The van der Waals surface area contributed by atoms with Gasteiger partial charge in [-0.1, -0.05) is 19.1 Å². The van der Waals surface area contributed by atoms with Crippen molar-refractivity contribution in [2.75, 3.05) is 0 Å². The lowest BCUT2D eigenvalue weighted by molar-refractivity contribution is 0.482. The van der Waals surface area contributed by atoms with Crippen molar-refractivity contribution < 1.29 is 4.74 Å². The molecule has 0 amide bonds. The number of nitriles is 2. The van der Waals surface area contributed by atoms with E-state index in [9.17, 15) is 0 Å². The molecule has 0 aliphatic heterocycles. The molecule has 2 aromatic rings. The van der Waals surface area contributed by atoms with Gasteiger partial charge in [0.2, 0.25) is 0 Å². The highest BCUT2D eigenvalue weighted by Crippen LogP contribution is 2.24. The second-order valence-electron chi connectivity index (χ2n) is 4.03. The number of hydrogen-bond donors (Lipinski definition) is 0. The summed E-state index contributed by atoms with van der Waals surface area (Å²) >= 11 is 0. The topological polar surface area (TPSA) is 56.8 Å². The van der Waals surface area contributed by atoms with Crippen molar-refractivity contribution in [2.45, 2.75) is 13.3 Å². The van der Waals surface area contributed by atoms with E-state index in [0.717, 1.165) is 12.2 Å². The molecule has 0 heterocycles. The lowest BCUT2D eigenvalue weighted by Gasteiger charge is -2.07. The van der Waals surface area contributed by atoms with Gasteiger partial charge in [-0.2, -0.15) is 10.5 Å². The first kappa shape index (κ1) is 12.7. The molecule has 19 heavy (non-hydrogen) atoms. The number of aryl methyl sites for hydroxylation is 1. The minimum atomic E-state index is 0.326. The number of nitrogens with zero attached hydrogens (tertiary/aromatic N) is 2. The zero-order chi connectivity index (χ0) is 13.7. The highest BCUT2D eigenvalue weighted by Gasteiger charge is 2.04. The van der Waals surface area contributed by atoms with Crippen LogP contribution in [0.1, 0.15) is 23.6 Å². The molecule has 2 aromatic carbocycles. The van der Waals surface area contributed by atoms with E-state index in [2.05, 4.69) is 6.92 Å². The molecule has 3 heteroatoms. The Kier molecular flexibility index (Phi) is 3.81. The van der Waals surface area contributed by atoms with Gasteiger partial charge in [0.15, 0.2) is 0 Å². The molecule has 0 spiro atoms. The average molecular weight is 248 g/mol. The molecule has 3 nitrogen and oxygen atoms in total.